The van der Waals surface area contributed by atoms with E-state index in [0.717, 1.165) is 11.1 Å². The van der Waals surface area contributed by atoms with Gasteiger partial charge in [-0.1, -0.05) is 60.7 Å². The fourth-order valence-corrected chi connectivity index (χ4v) is 3.46. The van der Waals surface area contributed by atoms with Crippen LogP contribution in [-0.4, -0.2) is 47.5 Å². The third-order valence-corrected chi connectivity index (χ3v) is 5.26. The molecule has 0 aliphatic rings. The van der Waals surface area contributed by atoms with Crippen LogP contribution in [0.3, 0.4) is 0 Å². The molecule has 192 valence electrons. The number of nitrogens with zero attached hydrogens (tertiary/aromatic N) is 1. The van der Waals surface area contributed by atoms with Gasteiger partial charge in [0.15, 0.2) is 0 Å². The number of hydrogen-bond acceptors (Lipinski definition) is 6. The van der Waals surface area contributed by atoms with Gasteiger partial charge in [0.2, 0.25) is 0 Å². The van der Waals surface area contributed by atoms with E-state index >= 15 is 0 Å². The second-order valence-electron chi connectivity index (χ2n) is 9.60. The summed E-state index contributed by atoms with van der Waals surface area (Å²) < 4.78 is 17.2. The van der Waals surface area contributed by atoms with Crippen LogP contribution < -0.4 is 15.2 Å². The van der Waals surface area contributed by atoms with Crippen molar-refractivity contribution in [1.82, 2.24) is 4.90 Å². The number of hydrogen-bond donors (Lipinski definition) is 2. The highest BCUT2D eigenvalue weighted by Gasteiger charge is 2.24. The Kier molecular flexibility index (Phi) is 9.59. The fourth-order valence-electron chi connectivity index (χ4n) is 3.46. The largest absolute Gasteiger partial charge is 0.491 e. The molecule has 0 saturated carbocycles. The third-order valence-electron chi connectivity index (χ3n) is 5.26. The molecule has 7 heteroatoms. The van der Waals surface area contributed by atoms with Gasteiger partial charge in [0.1, 0.15) is 36.4 Å². The molecule has 0 spiro atoms. The van der Waals surface area contributed by atoms with Crippen molar-refractivity contribution in [3.63, 3.8) is 0 Å². The highest BCUT2D eigenvalue weighted by Crippen LogP contribution is 2.28. The predicted octanol–water partition coefficient (Wildman–Crippen LogP) is 5.07. The predicted molar refractivity (Wildman–Crippen MR) is 141 cm³/mol. The standard InChI is InChI=1S/C29H36N2O5/c1-29(2,3)36-28(33)31(17-16-22-10-6-4-7-11-22)19-24(32)21-34-25-14-15-26(30)27(18-25)35-20-23-12-8-5-9-13-23/h4-15,18,24,32H,16-17,19-21,30H2,1-3H3/t24-/m0/s1. The van der Waals surface area contributed by atoms with Crippen LogP contribution in [0.15, 0.2) is 78.9 Å². The van der Waals surface area contributed by atoms with Crippen molar-refractivity contribution >= 4 is 11.8 Å². The molecule has 1 amide bonds. The molecule has 3 N–H and O–H groups in total. The van der Waals surface area contributed by atoms with Crippen LogP contribution >= 0.6 is 0 Å². The van der Waals surface area contributed by atoms with Crippen LogP contribution in [-0.2, 0) is 17.8 Å². The molecule has 3 aromatic carbocycles. The van der Waals surface area contributed by atoms with Gasteiger partial charge >= 0.3 is 6.09 Å². The minimum absolute atomic E-state index is 0.00726. The summed E-state index contributed by atoms with van der Waals surface area (Å²) in [5, 5.41) is 10.7. The molecule has 0 saturated heterocycles. The Morgan fingerprint density at radius 3 is 2.22 bits per heavy atom. The Balaban J connectivity index is 1.57. The molecule has 3 aromatic rings. The van der Waals surface area contributed by atoms with E-state index in [4.69, 9.17) is 19.9 Å². The quantitative estimate of drug-likeness (QED) is 0.363. The third kappa shape index (κ3) is 9.15. The molecule has 0 bridgehead atoms. The van der Waals surface area contributed by atoms with Crippen LogP contribution in [0.25, 0.3) is 0 Å². The summed E-state index contributed by atoms with van der Waals surface area (Å²) in [6.07, 6.45) is -0.741. The molecule has 3 rings (SSSR count). The number of nitrogen functional groups attached to an aromatic ring is 1. The molecule has 0 radical (unpaired) electrons. The minimum Gasteiger partial charge on any atom is -0.491 e. The summed E-state index contributed by atoms with van der Waals surface area (Å²) in [6.45, 7) is 6.31. The number of ether oxygens (including phenoxy) is 3. The number of rotatable bonds is 11. The number of aliphatic hydroxyl groups is 1. The van der Waals surface area contributed by atoms with Crippen molar-refractivity contribution in [2.75, 3.05) is 25.4 Å². The van der Waals surface area contributed by atoms with Gasteiger partial charge in [-0.15, -0.1) is 0 Å². The molecule has 7 nitrogen and oxygen atoms in total. The van der Waals surface area contributed by atoms with E-state index in [0.29, 0.717) is 36.8 Å². The van der Waals surface area contributed by atoms with E-state index in [1.54, 1.807) is 18.2 Å². The van der Waals surface area contributed by atoms with Crippen molar-refractivity contribution in [2.45, 2.75) is 45.5 Å². The van der Waals surface area contributed by atoms with Gasteiger partial charge in [0.25, 0.3) is 0 Å². The Bertz CT molecular complexity index is 1080. The smallest absolute Gasteiger partial charge is 0.410 e. The van der Waals surface area contributed by atoms with Gasteiger partial charge in [-0.25, -0.2) is 4.79 Å². The second-order valence-corrected chi connectivity index (χ2v) is 9.60. The summed E-state index contributed by atoms with van der Waals surface area (Å²) in [6, 6.07) is 24.8. The topological polar surface area (TPSA) is 94.2 Å². The van der Waals surface area contributed by atoms with Crippen molar-refractivity contribution in [3.8, 4) is 11.5 Å². The molecule has 0 heterocycles. The first-order valence-electron chi connectivity index (χ1n) is 12.1. The number of anilines is 1. The maximum atomic E-state index is 12.8. The number of carbonyl (C=O) groups excluding carboxylic acids is 1. The van der Waals surface area contributed by atoms with E-state index in [-0.39, 0.29) is 13.2 Å². The summed E-state index contributed by atoms with van der Waals surface area (Å²) in [7, 11) is 0. The molecule has 1 atom stereocenters. The van der Waals surface area contributed by atoms with Gasteiger partial charge in [0, 0.05) is 12.6 Å². The highest BCUT2D eigenvalue weighted by molar-refractivity contribution is 5.68. The highest BCUT2D eigenvalue weighted by atomic mass is 16.6. The zero-order valence-electron chi connectivity index (χ0n) is 21.2. The van der Waals surface area contributed by atoms with Crippen molar-refractivity contribution in [3.05, 3.63) is 90.0 Å². The zero-order chi connectivity index (χ0) is 26.0. The average Bonchev–Trinajstić information content (AvgIpc) is 2.85. The van der Waals surface area contributed by atoms with E-state index in [1.165, 1.54) is 4.90 Å². The Labute approximate surface area is 213 Å². The molecule has 0 aliphatic heterocycles. The number of benzene rings is 3. The summed E-state index contributed by atoms with van der Waals surface area (Å²) in [4.78, 5) is 14.3. The lowest BCUT2D eigenvalue weighted by atomic mass is 10.1. The average molecular weight is 493 g/mol. The Morgan fingerprint density at radius 2 is 1.58 bits per heavy atom. The summed E-state index contributed by atoms with van der Waals surface area (Å²) in [5.41, 5.74) is 8.04. The Hall–Kier alpha value is -3.71. The molecule has 0 aromatic heterocycles. The van der Waals surface area contributed by atoms with Crippen LogP contribution in [0.5, 0.6) is 11.5 Å². The molecule has 0 fully saturated rings. The molecular weight excluding hydrogens is 456 g/mol. The van der Waals surface area contributed by atoms with E-state index in [2.05, 4.69) is 0 Å². The summed E-state index contributed by atoms with van der Waals surface area (Å²) >= 11 is 0. The van der Waals surface area contributed by atoms with Crippen molar-refractivity contribution < 1.29 is 24.1 Å². The van der Waals surface area contributed by atoms with Crippen LogP contribution in [0.1, 0.15) is 31.9 Å². The second kappa shape index (κ2) is 12.8. The van der Waals surface area contributed by atoms with E-state index < -0.39 is 17.8 Å². The van der Waals surface area contributed by atoms with Crippen LogP contribution in [0.4, 0.5) is 10.5 Å². The van der Waals surface area contributed by atoms with Gasteiger partial charge in [-0.2, -0.15) is 0 Å². The van der Waals surface area contributed by atoms with E-state index in [1.807, 2.05) is 81.4 Å². The van der Waals surface area contributed by atoms with Gasteiger partial charge in [0.05, 0.1) is 12.2 Å². The first-order valence-corrected chi connectivity index (χ1v) is 12.1. The van der Waals surface area contributed by atoms with Crippen LogP contribution in [0.2, 0.25) is 0 Å². The van der Waals surface area contributed by atoms with Gasteiger partial charge < -0.3 is 30.0 Å². The van der Waals surface area contributed by atoms with Crippen molar-refractivity contribution in [1.29, 1.82) is 0 Å². The zero-order valence-corrected chi connectivity index (χ0v) is 21.2. The summed E-state index contributed by atoms with van der Waals surface area (Å²) in [5.74, 6) is 1.02. The number of amides is 1. The Morgan fingerprint density at radius 1 is 0.944 bits per heavy atom. The lowest BCUT2D eigenvalue weighted by molar-refractivity contribution is 0.00944. The molecule has 36 heavy (non-hydrogen) atoms. The molecule has 0 unspecified atom stereocenters. The normalized spacial score (nSPS) is 12.0. The van der Waals surface area contributed by atoms with E-state index in [9.17, 15) is 9.90 Å². The lowest BCUT2D eigenvalue weighted by Gasteiger charge is -2.29. The first-order chi connectivity index (χ1) is 17.2. The molecular formula is C29H36N2O5. The maximum absolute atomic E-state index is 12.8. The monoisotopic (exact) mass is 492 g/mol. The van der Waals surface area contributed by atoms with Crippen molar-refractivity contribution in [2.24, 2.45) is 0 Å². The number of nitrogens with two attached hydrogens (primary N) is 1. The lowest BCUT2D eigenvalue weighted by Crippen LogP contribution is -2.43. The fraction of sp³-hybridized carbons (Fsp3) is 0.345. The molecule has 0 aliphatic carbocycles. The minimum atomic E-state index is -0.917. The number of carbonyl (C=O) groups is 1. The first kappa shape index (κ1) is 26.9. The van der Waals surface area contributed by atoms with Crippen LogP contribution in [0, 0.1) is 0 Å². The van der Waals surface area contributed by atoms with Gasteiger partial charge in [-0.05, 0) is 50.5 Å². The number of aliphatic hydroxyl groups excluding tert-OH is 1. The maximum Gasteiger partial charge on any atom is 0.410 e. The van der Waals surface area contributed by atoms with Gasteiger partial charge in [-0.3, -0.25) is 0 Å². The SMILES string of the molecule is CC(C)(C)OC(=O)N(CCc1ccccc1)C[C@H](O)COc1ccc(N)c(OCc2ccccc2)c1.